The van der Waals surface area contributed by atoms with Crippen LogP contribution in [0.5, 0.6) is 5.75 Å². The highest BCUT2D eigenvalue weighted by Gasteiger charge is 2.17. The number of hydrogen-bond acceptors (Lipinski definition) is 5. The minimum Gasteiger partial charge on any atom is -0.422 e. The molecule has 0 saturated heterocycles. The van der Waals surface area contributed by atoms with E-state index in [4.69, 9.17) is 14.9 Å². The second kappa shape index (κ2) is 8.30. The van der Waals surface area contributed by atoms with E-state index in [0.29, 0.717) is 10.9 Å². The van der Waals surface area contributed by atoms with E-state index in [1.165, 1.54) is 43.3 Å². The fourth-order valence-corrected chi connectivity index (χ4v) is 3.00. The Hall–Kier alpha value is -3.42. The second-order valence-corrected chi connectivity index (χ2v) is 6.72. The van der Waals surface area contributed by atoms with Crippen LogP contribution in [0.4, 0.5) is 19.3 Å². The van der Waals surface area contributed by atoms with Crippen LogP contribution < -0.4 is 16.1 Å². The van der Waals surface area contributed by atoms with Crippen molar-refractivity contribution in [3.05, 3.63) is 69.3 Å². The van der Waals surface area contributed by atoms with Gasteiger partial charge in [0.25, 0.3) is 0 Å². The molecule has 0 aliphatic heterocycles. The lowest BCUT2D eigenvalue weighted by atomic mass is 9.99. The summed E-state index contributed by atoms with van der Waals surface area (Å²) in [7, 11) is 3.06. The molecule has 0 radical (unpaired) electrons. The van der Waals surface area contributed by atoms with Gasteiger partial charge in [-0.2, -0.15) is 0 Å². The summed E-state index contributed by atoms with van der Waals surface area (Å²) in [5.74, 6) is -0.384. The smallest absolute Gasteiger partial charge is 0.414 e. The van der Waals surface area contributed by atoms with Crippen LogP contribution in [0.3, 0.4) is 0 Å². The van der Waals surface area contributed by atoms with Crippen LogP contribution in [-0.2, 0) is 19.5 Å². The van der Waals surface area contributed by atoms with Gasteiger partial charge in [-0.05, 0) is 36.6 Å². The third kappa shape index (κ3) is 4.21. The molecule has 0 aliphatic carbocycles. The molecule has 3 rings (SSSR count). The molecule has 0 atom stereocenters. The van der Waals surface area contributed by atoms with E-state index in [1.54, 1.807) is 12.1 Å². The molecule has 0 saturated carbocycles. The summed E-state index contributed by atoms with van der Waals surface area (Å²) >= 11 is 0. The second-order valence-electron chi connectivity index (χ2n) is 6.72. The van der Waals surface area contributed by atoms with Crippen molar-refractivity contribution < 1.29 is 22.7 Å². The van der Waals surface area contributed by atoms with E-state index in [9.17, 15) is 18.4 Å². The Morgan fingerprint density at radius 3 is 2.62 bits per heavy atom. The summed E-state index contributed by atoms with van der Waals surface area (Å²) in [6, 6.07) is 8.99. The highest BCUT2D eigenvalue weighted by molar-refractivity contribution is 5.83. The molecule has 29 heavy (non-hydrogen) atoms. The van der Waals surface area contributed by atoms with Crippen molar-refractivity contribution in [1.29, 1.82) is 0 Å². The Labute approximate surface area is 165 Å². The standard InChI is InChI=1S/C21H20F2N2O4/c1-25(2)21(27)28-13-7-9-14-16(11-22)15(20(26)29-18(14)10-13)8-6-12-4-3-5-17(24)19(12)23/h3-5,7,9-10H,6,8,11,24H2,1-2H3. The molecule has 1 aromatic heterocycles. The molecule has 0 spiro atoms. The first-order valence-electron chi connectivity index (χ1n) is 8.88. The van der Waals surface area contributed by atoms with Crippen LogP contribution in [0.1, 0.15) is 16.7 Å². The predicted octanol–water partition coefficient (Wildman–Crippen LogP) is 3.83. The number of nitrogens with zero attached hydrogens (tertiary/aromatic N) is 1. The number of aryl methyl sites for hydroxylation is 1. The van der Waals surface area contributed by atoms with Crippen LogP contribution in [0, 0.1) is 5.82 Å². The van der Waals surface area contributed by atoms with Crippen molar-refractivity contribution in [1.82, 2.24) is 4.90 Å². The van der Waals surface area contributed by atoms with E-state index in [1.807, 2.05) is 0 Å². The van der Waals surface area contributed by atoms with Gasteiger partial charge in [0.15, 0.2) is 0 Å². The maximum absolute atomic E-state index is 14.1. The third-order valence-corrected chi connectivity index (χ3v) is 4.55. The number of carbonyl (C=O) groups is 1. The topological polar surface area (TPSA) is 85.8 Å². The lowest BCUT2D eigenvalue weighted by molar-refractivity contribution is 0.172. The molecule has 0 aliphatic rings. The van der Waals surface area contributed by atoms with Gasteiger partial charge >= 0.3 is 11.7 Å². The average molecular weight is 402 g/mol. The maximum atomic E-state index is 14.1. The van der Waals surface area contributed by atoms with Gasteiger partial charge in [-0.15, -0.1) is 0 Å². The number of nitrogens with two attached hydrogens (primary N) is 1. The van der Waals surface area contributed by atoms with E-state index in [-0.39, 0.29) is 41.0 Å². The number of halogens is 2. The van der Waals surface area contributed by atoms with Gasteiger partial charge in [-0.25, -0.2) is 18.4 Å². The molecule has 2 aromatic carbocycles. The van der Waals surface area contributed by atoms with Crippen LogP contribution in [-0.4, -0.2) is 25.1 Å². The Kier molecular flexibility index (Phi) is 5.81. The first kappa shape index (κ1) is 20.3. The minimum atomic E-state index is -0.895. The average Bonchev–Trinajstić information content (AvgIpc) is 2.68. The zero-order valence-corrected chi connectivity index (χ0v) is 16.0. The summed E-state index contributed by atoms with van der Waals surface area (Å²) in [6.45, 7) is -0.895. The first-order valence-corrected chi connectivity index (χ1v) is 8.88. The number of fused-ring (bicyclic) bond motifs is 1. The Morgan fingerprint density at radius 2 is 1.93 bits per heavy atom. The van der Waals surface area contributed by atoms with Crippen LogP contribution in [0.2, 0.25) is 0 Å². The molecular weight excluding hydrogens is 382 g/mol. The number of ether oxygens (including phenoxy) is 1. The number of alkyl halides is 1. The van der Waals surface area contributed by atoms with Gasteiger partial charge in [-0.3, -0.25) is 0 Å². The number of carbonyl (C=O) groups excluding carboxylic acids is 1. The van der Waals surface area contributed by atoms with Crippen LogP contribution in [0.25, 0.3) is 11.0 Å². The summed E-state index contributed by atoms with van der Waals surface area (Å²) in [4.78, 5) is 25.4. The van der Waals surface area contributed by atoms with E-state index < -0.39 is 24.2 Å². The maximum Gasteiger partial charge on any atom is 0.414 e. The summed E-state index contributed by atoms with van der Waals surface area (Å²) < 4.78 is 38.4. The van der Waals surface area contributed by atoms with Gasteiger partial charge < -0.3 is 19.8 Å². The fourth-order valence-electron chi connectivity index (χ4n) is 3.00. The van der Waals surface area contributed by atoms with Crippen molar-refractivity contribution in [2.75, 3.05) is 19.8 Å². The van der Waals surface area contributed by atoms with Gasteiger partial charge in [0.2, 0.25) is 0 Å². The van der Waals surface area contributed by atoms with E-state index in [2.05, 4.69) is 0 Å². The number of anilines is 1. The molecule has 8 heteroatoms. The quantitative estimate of drug-likeness (QED) is 0.518. The predicted molar refractivity (Wildman–Crippen MR) is 105 cm³/mol. The molecule has 2 N–H and O–H groups in total. The highest BCUT2D eigenvalue weighted by atomic mass is 19.1. The molecule has 0 bridgehead atoms. The molecule has 1 heterocycles. The van der Waals surface area contributed by atoms with Gasteiger partial charge in [0.05, 0.1) is 5.69 Å². The lowest BCUT2D eigenvalue weighted by Crippen LogP contribution is -2.25. The molecule has 6 nitrogen and oxygen atoms in total. The number of nitrogen functional groups attached to an aromatic ring is 1. The molecule has 152 valence electrons. The summed E-state index contributed by atoms with van der Waals surface area (Å²) in [6.07, 6.45) is -0.341. The Balaban J connectivity index is 1.96. The summed E-state index contributed by atoms with van der Waals surface area (Å²) in [5, 5.41) is 0.389. The molecule has 0 unspecified atom stereocenters. The Bertz CT molecular complexity index is 1130. The highest BCUT2D eigenvalue weighted by Crippen LogP contribution is 2.27. The number of amides is 1. The van der Waals surface area contributed by atoms with Crippen LogP contribution in [0.15, 0.2) is 45.6 Å². The molecule has 3 aromatic rings. The minimum absolute atomic E-state index is 0.0126. The number of benzene rings is 2. The van der Waals surface area contributed by atoms with Gasteiger partial charge in [0.1, 0.15) is 23.8 Å². The third-order valence-electron chi connectivity index (χ3n) is 4.55. The Morgan fingerprint density at radius 1 is 1.17 bits per heavy atom. The van der Waals surface area contributed by atoms with Crippen molar-refractivity contribution in [2.24, 2.45) is 0 Å². The normalized spacial score (nSPS) is 10.9. The van der Waals surface area contributed by atoms with Crippen molar-refractivity contribution in [2.45, 2.75) is 19.5 Å². The largest absolute Gasteiger partial charge is 0.422 e. The molecule has 1 amide bonds. The van der Waals surface area contributed by atoms with Crippen molar-refractivity contribution in [3.63, 3.8) is 0 Å². The summed E-state index contributed by atoms with van der Waals surface area (Å²) in [5.41, 5.74) is 5.61. The number of hydrogen-bond donors (Lipinski definition) is 1. The van der Waals surface area contributed by atoms with Gasteiger partial charge in [0, 0.05) is 36.7 Å². The molecule has 0 fully saturated rings. The zero-order valence-electron chi connectivity index (χ0n) is 16.0. The lowest BCUT2D eigenvalue weighted by Gasteiger charge is -2.12. The zero-order chi connectivity index (χ0) is 21.1. The first-order chi connectivity index (χ1) is 13.8. The molecular formula is C21H20F2N2O4. The monoisotopic (exact) mass is 402 g/mol. The van der Waals surface area contributed by atoms with E-state index in [0.717, 1.165) is 0 Å². The number of rotatable bonds is 5. The van der Waals surface area contributed by atoms with Crippen molar-refractivity contribution >= 4 is 22.7 Å². The SMILES string of the molecule is CN(C)C(=O)Oc1ccc2c(CF)c(CCc3cccc(N)c3F)c(=O)oc2c1. The van der Waals surface area contributed by atoms with Gasteiger partial charge in [-0.1, -0.05) is 12.1 Å². The van der Waals surface area contributed by atoms with Crippen LogP contribution >= 0.6 is 0 Å². The van der Waals surface area contributed by atoms with E-state index >= 15 is 0 Å². The van der Waals surface area contributed by atoms with Crippen molar-refractivity contribution in [3.8, 4) is 5.75 Å². The fraction of sp³-hybridized carbons (Fsp3) is 0.238.